The third-order valence-corrected chi connectivity index (χ3v) is 10.1. The van der Waals surface area contributed by atoms with Gasteiger partial charge < -0.3 is 14.9 Å². The highest BCUT2D eigenvalue weighted by atomic mass is 35.5. The number of unbranched alkanes of at least 4 members (excludes halogenated alkanes) is 1. The van der Waals surface area contributed by atoms with Gasteiger partial charge in [-0.25, -0.2) is 17.6 Å². The number of ether oxygens (including phenoxy) is 1. The summed E-state index contributed by atoms with van der Waals surface area (Å²) in [5.41, 5.74) is -0.521. The number of benzene rings is 4. The third-order valence-electron chi connectivity index (χ3n) is 9.49. The van der Waals surface area contributed by atoms with Gasteiger partial charge in [0, 0.05) is 33.3 Å². The Morgan fingerprint density at radius 1 is 0.764 bits per heavy atom. The minimum atomic E-state index is -1.36. The average molecular weight is 798 g/mol. The predicted molar refractivity (Wildman–Crippen MR) is 196 cm³/mol. The number of hydrogen-bond donors (Lipinski definition) is 2. The minimum absolute atomic E-state index is 0.0178. The molecule has 0 aliphatic heterocycles. The molecule has 0 spiro atoms. The topological polar surface area (TPSA) is 128 Å². The summed E-state index contributed by atoms with van der Waals surface area (Å²) in [6.45, 7) is 4.65. The molecular formula is C40H30Cl2F4N2O7. The first-order valence-corrected chi connectivity index (χ1v) is 17.6. The number of fused-ring (bicyclic) bond motifs is 2. The van der Waals surface area contributed by atoms with E-state index in [1.54, 1.807) is 0 Å². The van der Waals surface area contributed by atoms with Crippen LogP contribution in [0.25, 0.3) is 21.8 Å². The molecule has 0 saturated heterocycles. The SMILES string of the molecule is CCCCC(C(=O)Oc1ccc2c(c1F)c(CC(=O)O)c(C)n2C(=O)c1ccc(Cl)c(F)c1)c1c(C)n(C(=O)c2ccc(Cl)c(F)c2)c2ccc(O)c(F)c12. The van der Waals surface area contributed by atoms with Gasteiger partial charge in [-0.3, -0.25) is 28.3 Å². The fraction of sp³-hybridized carbons (Fsp3) is 0.200. The lowest BCUT2D eigenvalue weighted by molar-refractivity contribution is -0.137. The highest BCUT2D eigenvalue weighted by molar-refractivity contribution is 6.31. The van der Waals surface area contributed by atoms with Crippen molar-refractivity contribution in [2.45, 2.75) is 52.4 Å². The Bertz CT molecular complexity index is 2600. The lowest BCUT2D eigenvalue weighted by Crippen LogP contribution is -2.21. The number of aromatic nitrogens is 2. The molecule has 9 nitrogen and oxygen atoms in total. The molecule has 6 aromatic rings. The molecule has 0 bridgehead atoms. The molecule has 0 aliphatic carbocycles. The van der Waals surface area contributed by atoms with Gasteiger partial charge in [0.05, 0.1) is 33.4 Å². The summed E-state index contributed by atoms with van der Waals surface area (Å²) in [6.07, 6.45) is 0.208. The van der Waals surface area contributed by atoms with Crippen LogP contribution in [-0.4, -0.2) is 43.1 Å². The largest absolute Gasteiger partial charge is 0.505 e. The fourth-order valence-corrected chi connectivity index (χ4v) is 7.11. The molecule has 284 valence electrons. The number of phenols is 1. The van der Waals surface area contributed by atoms with Crippen molar-refractivity contribution in [2.24, 2.45) is 0 Å². The first kappa shape index (κ1) is 39.0. The summed E-state index contributed by atoms with van der Waals surface area (Å²) < 4.78 is 68.9. The van der Waals surface area contributed by atoms with E-state index < -0.39 is 70.9 Å². The molecule has 55 heavy (non-hydrogen) atoms. The van der Waals surface area contributed by atoms with Gasteiger partial charge in [-0.1, -0.05) is 43.0 Å². The van der Waals surface area contributed by atoms with E-state index in [1.807, 2.05) is 6.92 Å². The van der Waals surface area contributed by atoms with E-state index in [0.717, 1.165) is 39.5 Å². The molecular weight excluding hydrogens is 767 g/mol. The molecule has 2 heterocycles. The Labute approximate surface area is 320 Å². The number of esters is 1. The highest BCUT2D eigenvalue weighted by Gasteiger charge is 2.34. The highest BCUT2D eigenvalue weighted by Crippen LogP contribution is 2.41. The molecule has 0 saturated carbocycles. The van der Waals surface area contributed by atoms with Crippen LogP contribution in [0.2, 0.25) is 10.0 Å². The Kier molecular flexibility index (Phi) is 10.8. The van der Waals surface area contributed by atoms with Crippen molar-refractivity contribution >= 4 is 68.8 Å². The van der Waals surface area contributed by atoms with Crippen molar-refractivity contribution in [2.75, 3.05) is 0 Å². The van der Waals surface area contributed by atoms with Crippen LogP contribution in [0.5, 0.6) is 11.5 Å². The van der Waals surface area contributed by atoms with E-state index in [0.29, 0.717) is 12.8 Å². The third kappa shape index (κ3) is 6.94. The van der Waals surface area contributed by atoms with Crippen LogP contribution in [0.15, 0.2) is 60.7 Å². The van der Waals surface area contributed by atoms with Gasteiger partial charge >= 0.3 is 11.9 Å². The standard InChI is InChI=1S/C40H30Cl2F4N2O7/c1-4-5-6-22(33-19(3)48(29-11-13-30(49)36(45)35(29)33)39(53)21-8-10-25(42)27(44)16-21)40(54)55-31-14-12-28-34(37(31)46)23(17-32(50)51)18(2)47(28)38(52)20-7-9-24(41)26(43)15-20/h7-16,22,49H,4-6,17H2,1-3H3,(H,50,51). The number of hydrogen-bond acceptors (Lipinski definition) is 6. The Balaban J connectivity index is 1.48. The molecule has 1 atom stereocenters. The summed E-state index contributed by atoms with van der Waals surface area (Å²) in [5.74, 6) is -10.9. The van der Waals surface area contributed by atoms with E-state index in [4.69, 9.17) is 27.9 Å². The second-order valence-corrected chi connectivity index (χ2v) is 13.7. The molecule has 6 rings (SSSR count). The number of aliphatic carboxylic acids is 1. The van der Waals surface area contributed by atoms with Crippen molar-refractivity contribution in [3.8, 4) is 11.5 Å². The number of nitrogens with zero attached hydrogens (tertiary/aromatic N) is 2. The average Bonchev–Trinajstić information content (AvgIpc) is 3.59. The zero-order valence-electron chi connectivity index (χ0n) is 29.3. The van der Waals surface area contributed by atoms with Gasteiger partial charge in [0.2, 0.25) is 0 Å². The minimum Gasteiger partial charge on any atom is -0.505 e. The monoisotopic (exact) mass is 796 g/mol. The lowest BCUT2D eigenvalue weighted by atomic mass is 9.91. The number of carboxylic acid groups (broad SMARTS) is 1. The number of rotatable bonds is 10. The van der Waals surface area contributed by atoms with Crippen LogP contribution >= 0.6 is 23.2 Å². The number of aromatic hydroxyl groups is 1. The van der Waals surface area contributed by atoms with E-state index in [2.05, 4.69) is 0 Å². The van der Waals surface area contributed by atoms with Crippen LogP contribution in [0.3, 0.4) is 0 Å². The molecule has 4 aromatic carbocycles. The first-order valence-electron chi connectivity index (χ1n) is 16.8. The zero-order chi connectivity index (χ0) is 40.0. The van der Waals surface area contributed by atoms with Crippen LogP contribution in [0.4, 0.5) is 17.6 Å². The summed E-state index contributed by atoms with van der Waals surface area (Å²) >= 11 is 11.6. The summed E-state index contributed by atoms with van der Waals surface area (Å²) in [7, 11) is 0. The number of carboxylic acids is 1. The summed E-state index contributed by atoms with van der Waals surface area (Å²) in [5, 5.41) is 19.0. The number of halogens is 6. The Morgan fingerprint density at radius 2 is 1.31 bits per heavy atom. The molecule has 0 amide bonds. The van der Waals surface area contributed by atoms with Crippen molar-refractivity contribution < 1.29 is 51.7 Å². The molecule has 15 heteroatoms. The second kappa shape index (κ2) is 15.2. The summed E-state index contributed by atoms with van der Waals surface area (Å²) in [6, 6.07) is 11.2. The van der Waals surface area contributed by atoms with Crippen LogP contribution in [0.1, 0.15) is 75.3 Å². The maximum Gasteiger partial charge on any atom is 0.319 e. The predicted octanol–water partition coefficient (Wildman–Crippen LogP) is 9.67. The number of carbonyl (C=O) groups excluding carboxylic acids is 3. The lowest BCUT2D eigenvalue weighted by Gasteiger charge is -2.18. The zero-order valence-corrected chi connectivity index (χ0v) is 30.8. The van der Waals surface area contributed by atoms with Gasteiger partial charge in [-0.2, -0.15) is 0 Å². The van der Waals surface area contributed by atoms with Crippen molar-refractivity contribution in [3.05, 3.63) is 128 Å². The molecule has 2 N–H and O–H groups in total. The van der Waals surface area contributed by atoms with E-state index in [1.165, 1.54) is 44.2 Å². The molecule has 1 unspecified atom stereocenters. The molecule has 0 radical (unpaired) electrons. The maximum absolute atomic E-state index is 16.6. The van der Waals surface area contributed by atoms with E-state index in [9.17, 15) is 38.2 Å². The van der Waals surface area contributed by atoms with Gasteiger partial charge in [-0.05, 0) is 92.1 Å². The van der Waals surface area contributed by atoms with E-state index in [-0.39, 0.29) is 71.9 Å². The maximum atomic E-state index is 16.6. The van der Waals surface area contributed by atoms with Gasteiger partial charge in [-0.15, -0.1) is 0 Å². The van der Waals surface area contributed by atoms with Crippen LogP contribution < -0.4 is 4.74 Å². The molecule has 2 aromatic heterocycles. The summed E-state index contributed by atoms with van der Waals surface area (Å²) in [4.78, 5) is 53.6. The first-order chi connectivity index (χ1) is 26.1. The number of carbonyl (C=O) groups is 4. The normalized spacial score (nSPS) is 12.0. The molecule has 0 aliphatic rings. The smallest absolute Gasteiger partial charge is 0.319 e. The van der Waals surface area contributed by atoms with Crippen LogP contribution in [-0.2, 0) is 16.0 Å². The van der Waals surface area contributed by atoms with Crippen molar-refractivity contribution in [3.63, 3.8) is 0 Å². The molecule has 0 fully saturated rings. The second-order valence-electron chi connectivity index (χ2n) is 12.9. The van der Waals surface area contributed by atoms with Crippen molar-refractivity contribution in [1.82, 2.24) is 9.13 Å². The van der Waals surface area contributed by atoms with E-state index >= 15 is 8.78 Å². The van der Waals surface area contributed by atoms with Gasteiger partial charge in [0.1, 0.15) is 11.6 Å². The quantitative estimate of drug-likeness (QED) is 0.0803. The fourth-order valence-electron chi connectivity index (χ4n) is 6.88. The number of phenolic OH excluding ortho intramolecular Hbond substituents is 1. The van der Waals surface area contributed by atoms with Crippen LogP contribution in [0, 0.1) is 37.1 Å². The Morgan fingerprint density at radius 3 is 1.85 bits per heavy atom. The Hall–Kier alpha value is -5.66. The van der Waals surface area contributed by atoms with Crippen molar-refractivity contribution in [1.29, 1.82) is 0 Å². The van der Waals surface area contributed by atoms with Gasteiger partial charge in [0.25, 0.3) is 11.8 Å². The van der Waals surface area contributed by atoms with Gasteiger partial charge in [0.15, 0.2) is 23.1 Å².